The minimum absolute atomic E-state index is 0.140. The molecule has 124 valence electrons. The lowest BCUT2D eigenvalue weighted by molar-refractivity contribution is -0.135. The summed E-state index contributed by atoms with van der Waals surface area (Å²) >= 11 is 0. The van der Waals surface area contributed by atoms with Gasteiger partial charge in [0.15, 0.2) is 0 Å². The summed E-state index contributed by atoms with van der Waals surface area (Å²) in [6.45, 7) is 2.84. The van der Waals surface area contributed by atoms with E-state index >= 15 is 0 Å². The van der Waals surface area contributed by atoms with Crippen molar-refractivity contribution in [2.24, 2.45) is 16.7 Å². The lowest BCUT2D eigenvalue weighted by atomic mass is 9.69. The van der Waals surface area contributed by atoms with Crippen molar-refractivity contribution in [1.29, 1.82) is 0 Å². The second kappa shape index (κ2) is 4.50. The number of amides is 1. The molecule has 1 aromatic carbocycles. The lowest BCUT2D eigenvalue weighted by Gasteiger charge is -2.36. The van der Waals surface area contributed by atoms with E-state index in [2.05, 4.69) is 52.5 Å². The number of nitrogens with one attached hydrogen (secondary N) is 2. The number of imidazole rings is 1. The largest absolute Gasteiger partial charge is 0.348 e. The molecular formula is C20H23N3O. The summed E-state index contributed by atoms with van der Waals surface area (Å²) in [6.07, 6.45) is 7.92. The summed E-state index contributed by atoms with van der Waals surface area (Å²) < 4.78 is 0. The van der Waals surface area contributed by atoms with Gasteiger partial charge in [0.25, 0.3) is 0 Å². The predicted octanol–water partition coefficient (Wildman–Crippen LogP) is 3.17. The Morgan fingerprint density at radius 2 is 2.12 bits per heavy atom. The Labute approximate surface area is 142 Å². The van der Waals surface area contributed by atoms with Crippen LogP contribution in [-0.2, 0) is 16.8 Å². The molecule has 4 saturated carbocycles. The van der Waals surface area contributed by atoms with Gasteiger partial charge in [-0.15, -0.1) is 0 Å². The molecule has 4 aliphatic carbocycles. The van der Waals surface area contributed by atoms with Gasteiger partial charge in [0.1, 0.15) is 5.82 Å². The van der Waals surface area contributed by atoms with Gasteiger partial charge in [0.05, 0.1) is 12.0 Å². The first-order chi connectivity index (χ1) is 11.6. The van der Waals surface area contributed by atoms with E-state index in [0.29, 0.717) is 12.5 Å². The van der Waals surface area contributed by atoms with Crippen LogP contribution in [0.25, 0.3) is 0 Å². The number of rotatable bonds is 4. The summed E-state index contributed by atoms with van der Waals surface area (Å²) in [5, 5.41) is 3.16. The van der Waals surface area contributed by atoms with Crippen LogP contribution < -0.4 is 5.32 Å². The fourth-order valence-corrected chi connectivity index (χ4v) is 6.37. The Kier molecular flexibility index (Phi) is 2.67. The van der Waals surface area contributed by atoms with Gasteiger partial charge < -0.3 is 10.3 Å². The van der Waals surface area contributed by atoms with Crippen molar-refractivity contribution in [2.75, 3.05) is 0 Å². The highest BCUT2D eigenvalue weighted by atomic mass is 16.2. The molecule has 4 heteroatoms. The standard InChI is InChI=1S/C20H23N3O/c1-18-9-15-10-20(18,17(24)23-11-16-21-7-8-22-16)13-19(15,12-18)14-5-3-2-4-6-14/h2-8,15H,9-13H2,1H3,(H,21,22)(H,23,24). The molecule has 1 amide bonds. The highest BCUT2D eigenvalue weighted by Gasteiger charge is 2.78. The number of H-pyrrole nitrogens is 1. The van der Waals surface area contributed by atoms with E-state index in [9.17, 15) is 4.79 Å². The molecule has 24 heavy (non-hydrogen) atoms. The average molecular weight is 321 g/mol. The number of nitrogens with zero attached hydrogens (tertiary/aromatic N) is 1. The van der Waals surface area contributed by atoms with Crippen molar-refractivity contribution < 1.29 is 4.79 Å². The zero-order valence-corrected chi connectivity index (χ0v) is 14.0. The van der Waals surface area contributed by atoms with E-state index in [4.69, 9.17) is 0 Å². The second-order valence-corrected chi connectivity index (χ2v) is 8.34. The third-order valence-electron chi connectivity index (χ3n) is 7.31. The Morgan fingerprint density at radius 1 is 1.29 bits per heavy atom. The molecule has 4 unspecified atom stereocenters. The summed E-state index contributed by atoms with van der Waals surface area (Å²) in [7, 11) is 0. The van der Waals surface area contributed by atoms with Crippen LogP contribution in [0.2, 0.25) is 0 Å². The number of hydrogen-bond donors (Lipinski definition) is 2. The molecule has 4 atom stereocenters. The van der Waals surface area contributed by atoms with Crippen LogP contribution in [0, 0.1) is 16.7 Å². The fraction of sp³-hybridized carbons (Fsp3) is 0.500. The van der Waals surface area contributed by atoms with Crippen molar-refractivity contribution >= 4 is 5.91 Å². The average Bonchev–Trinajstić information content (AvgIpc) is 3.34. The molecule has 4 fully saturated rings. The Bertz CT molecular complexity index is 786. The SMILES string of the molecule is CC12CC3CC1(C(=O)NCc1ncc[nH]1)CC3(c1ccccc1)C2. The van der Waals surface area contributed by atoms with Gasteiger partial charge >= 0.3 is 0 Å². The van der Waals surface area contributed by atoms with Crippen LogP contribution in [0.4, 0.5) is 0 Å². The normalized spacial score (nSPS) is 38.8. The van der Waals surface area contributed by atoms with Gasteiger partial charge in [-0.2, -0.15) is 0 Å². The molecule has 2 aromatic rings. The summed E-state index contributed by atoms with van der Waals surface area (Å²) in [4.78, 5) is 20.5. The third-order valence-corrected chi connectivity index (χ3v) is 7.31. The van der Waals surface area contributed by atoms with Crippen molar-refractivity contribution in [2.45, 2.75) is 44.6 Å². The van der Waals surface area contributed by atoms with Crippen LogP contribution >= 0.6 is 0 Å². The number of aromatic nitrogens is 2. The van der Waals surface area contributed by atoms with Crippen LogP contribution in [0.3, 0.4) is 0 Å². The number of benzene rings is 1. The fourth-order valence-electron chi connectivity index (χ4n) is 6.37. The molecular weight excluding hydrogens is 298 g/mol. The van der Waals surface area contributed by atoms with Crippen molar-refractivity contribution in [3.8, 4) is 0 Å². The number of hydrogen-bond acceptors (Lipinski definition) is 2. The number of carbonyl (C=O) groups is 1. The molecule has 1 heterocycles. The van der Waals surface area contributed by atoms with Crippen LogP contribution in [-0.4, -0.2) is 15.9 Å². The van der Waals surface area contributed by atoms with Gasteiger partial charge in [-0.05, 0) is 48.0 Å². The predicted molar refractivity (Wildman–Crippen MR) is 91.1 cm³/mol. The van der Waals surface area contributed by atoms with E-state index in [1.54, 1.807) is 12.4 Å². The Hall–Kier alpha value is -2.10. The van der Waals surface area contributed by atoms with E-state index in [1.807, 2.05) is 0 Å². The first kappa shape index (κ1) is 14.3. The molecule has 0 aliphatic heterocycles. The quantitative estimate of drug-likeness (QED) is 0.909. The van der Waals surface area contributed by atoms with Crippen LogP contribution in [0.15, 0.2) is 42.7 Å². The van der Waals surface area contributed by atoms with Crippen molar-refractivity contribution in [3.05, 3.63) is 54.1 Å². The third kappa shape index (κ3) is 1.59. The highest BCUT2D eigenvalue weighted by molar-refractivity contribution is 5.86. The zero-order valence-electron chi connectivity index (χ0n) is 14.0. The lowest BCUT2D eigenvalue weighted by Crippen LogP contribution is -2.45. The van der Waals surface area contributed by atoms with E-state index in [0.717, 1.165) is 25.1 Å². The first-order valence-corrected chi connectivity index (χ1v) is 8.90. The Morgan fingerprint density at radius 3 is 2.79 bits per heavy atom. The molecule has 4 aliphatic rings. The zero-order chi connectivity index (χ0) is 16.4. The molecule has 0 saturated heterocycles. The van der Waals surface area contributed by atoms with E-state index in [1.165, 1.54) is 12.0 Å². The Balaban J connectivity index is 1.45. The maximum atomic E-state index is 13.2. The van der Waals surface area contributed by atoms with Gasteiger partial charge in [-0.25, -0.2) is 4.98 Å². The van der Waals surface area contributed by atoms with E-state index < -0.39 is 0 Å². The van der Waals surface area contributed by atoms with Crippen LogP contribution in [0.1, 0.15) is 44.0 Å². The van der Waals surface area contributed by atoms with Crippen molar-refractivity contribution in [1.82, 2.24) is 15.3 Å². The smallest absolute Gasteiger partial charge is 0.227 e. The summed E-state index contributed by atoms with van der Waals surface area (Å²) in [5.41, 5.74) is 1.61. The molecule has 2 N–H and O–H groups in total. The molecule has 0 spiro atoms. The molecule has 6 rings (SSSR count). The second-order valence-electron chi connectivity index (χ2n) is 8.34. The van der Waals surface area contributed by atoms with Crippen LogP contribution in [0.5, 0.6) is 0 Å². The maximum absolute atomic E-state index is 13.2. The van der Waals surface area contributed by atoms with E-state index in [-0.39, 0.29) is 22.2 Å². The van der Waals surface area contributed by atoms with Crippen molar-refractivity contribution in [3.63, 3.8) is 0 Å². The highest BCUT2D eigenvalue weighted by Crippen LogP contribution is 2.81. The molecule has 1 aromatic heterocycles. The monoisotopic (exact) mass is 321 g/mol. The first-order valence-electron chi connectivity index (χ1n) is 8.90. The minimum atomic E-state index is -0.194. The van der Waals surface area contributed by atoms with Gasteiger partial charge in [0.2, 0.25) is 5.91 Å². The molecule has 0 radical (unpaired) electrons. The number of aromatic amines is 1. The van der Waals surface area contributed by atoms with Gasteiger partial charge in [-0.3, -0.25) is 4.79 Å². The molecule has 4 nitrogen and oxygen atoms in total. The van der Waals surface area contributed by atoms with Gasteiger partial charge in [0, 0.05) is 12.4 Å². The maximum Gasteiger partial charge on any atom is 0.227 e. The topological polar surface area (TPSA) is 57.8 Å². The summed E-state index contributed by atoms with van der Waals surface area (Å²) in [6, 6.07) is 10.9. The van der Waals surface area contributed by atoms with Gasteiger partial charge in [-0.1, -0.05) is 37.3 Å². The number of carbonyl (C=O) groups excluding carboxylic acids is 1. The minimum Gasteiger partial charge on any atom is -0.348 e. The molecule has 4 bridgehead atoms. The summed E-state index contributed by atoms with van der Waals surface area (Å²) in [5.74, 6) is 1.71.